The number of aryl methyl sites for hydroxylation is 2. The van der Waals surface area contributed by atoms with Gasteiger partial charge in [0, 0.05) is 18.1 Å². The Hall–Kier alpha value is -3.01. The van der Waals surface area contributed by atoms with Gasteiger partial charge in [-0.2, -0.15) is 4.31 Å². The molecule has 1 amide bonds. The fraction of sp³-hybridized carbons (Fsp3) is 0.280. The van der Waals surface area contributed by atoms with Gasteiger partial charge in [0.25, 0.3) is 0 Å². The molecule has 184 valence electrons. The second kappa shape index (κ2) is 10.3. The lowest BCUT2D eigenvalue weighted by molar-refractivity contribution is -0.120. The monoisotopic (exact) mass is 517 g/mol. The molecule has 1 N–H and O–H groups in total. The van der Waals surface area contributed by atoms with Gasteiger partial charge in [-0.05, 0) is 56.5 Å². The van der Waals surface area contributed by atoms with E-state index in [4.69, 9.17) is 16.1 Å². The molecule has 35 heavy (non-hydrogen) atoms. The molecule has 0 aliphatic carbocycles. The maximum Gasteiger partial charge on any atom is 0.248 e. The van der Waals surface area contributed by atoms with Crippen molar-refractivity contribution in [1.82, 2.24) is 9.46 Å². The molecule has 2 heterocycles. The first kappa shape index (κ1) is 25.1. The van der Waals surface area contributed by atoms with Gasteiger partial charge in [0.1, 0.15) is 11.5 Å². The molecular weight excluding hydrogens is 493 g/mol. The number of hydrogen-bond acceptors (Lipinski definition) is 5. The summed E-state index contributed by atoms with van der Waals surface area (Å²) in [7, 11) is -3.99. The lowest BCUT2D eigenvalue weighted by atomic mass is 9.98. The molecule has 1 atom stereocenters. The number of benzene rings is 2. The summed E-state index contributed by atoms with van der Waals surface area (Å²) in [6.07, 6.45) is 4.30. The van der Waals surface area contributed by atoms with Crippen LogP contribution < -0.4 is 5.32 Å². The fourth-order valence-corrected chi connectivity index (χ4v) is 5.91. The van der Waals surface area contributed by atoms with Crippen LogP contribution in [0.2, 0.25) is 5.02 Å². The first-order valence-electron chi connectivity index (χ1n) is 11.1. The minimum Gasteiger partial charge on any atom is -0.355 e. The molecule has 10 heteroatoms. The Morgan fingerprint density at radius 1 is 1.20 bits per heavy atom. The van der Waals surface area contributed by atoms with Crippen molar-refractivity contribution in [3.63, 3.8) is 0 Å². The van der Waals surface area contributed by atoms with Crippen molar-refractivity contribution in [2.45, 2.75) is 31.6 Å². The van der Waals surface area contributed by atoms with Gasteiger partial charge in [-0.15, -0.1) is 0 Å². The molecule has 0 saturated carbocycles. The number of sulfonamides is 1. The Morgan fingerprint density at radius 3 is 2.66 bits per heavy atom. The molecular formula is C25H25ClFN3O4S. The Bertz CT molecular complexity index is 1370. The number of carbonyl (C=O) groups excluding carboxylic acids is 1. The Balaban J connectivity index is 1.53. The SMILES string of the molecule is Cc1ccc(C=Cc2onc(C)c2S(=O)(=O)N2CCCC(C(=O)Nc3ccc(Cl)cc3F)C2)cc1. The van der Waals surface area contributed by atoms with Crippen LogP contribution >= 0.6 is 11.6 Å². The van der Waals surface area contributed by atoms with Crippen molar-refractivity contribution >= 4 is 45.4 Å². The predicted octanol–water partition coefficient (Wildman–Crippen LogP) is 5.29. The molecule has 7 nitrogen and oxygen atoms in total. The average Bonchev–Trinajstić information content (AvgIpc) is 3.21. The quantitative estimate of drug-likeness (QED) is 0.479. The predicted molar refractivity (Wildman–Crippen MR) is 133 cm³/mol. The van der Waals surface area contributed by atoms with Crippen LogP contribution in [0.4, 0.5) is 10.1 Å². The Morgan fingerprint density at radius 2 is 1.94 bits per heavy atom. The van der Waals surface area contributed by atoms with Crippen molar-refractivity contribution in [3.05, 3.63) is 75.9 Å². The number of carbonyl (C=O) groups is 1. The second-order valence-electron chi connectivity index (χ2n) is 8.52. The van der Waals surface area contributed by atoms with Gasteiger partial charge >= 0.3 is 0 Å². The van der Waals surface area contributed by atoms with Gasteiger partial charge in [0.15, 0.2) is 10.7 Å². The summed E-state index contributed by atoms with van der Waals surface area (Å²) in [5.74, 6) is -1.62. The average molecular weight is 518 g/mol. The number of rotatable bonds is 6. The molecule has 2 aromatic carbocycles. The Kier molecular flexibility index (Phi) is 7.39. The van der Waals surface area contributed by atoms with Crippen molar-refractivity contribution < 1.29 is 22.1 Å². The van der Waals surface area contributed by atoms with E-state index < -0.39 is 27.7 Å². The molecule has 0 radical (unpaired) electrons. The molecule has 1 unspecified atom stereocenters. The van der Waals surface area contributed by atoms with Gasteiger partial charge in [-0.1, -0.05) is 52.7 Å². The smallest absolute Gasteiger partial charge is 0.248 e. The van der Waals surface area contributed by atoms with Gasteiger partial charge in [-0.25, -0.2) is 12.8 Å². The van der Waals surface area contributed by atoms with Crippen LogP contribution in [-0.4, -0.2) is 36.9 Å². The number of halogens is 2. The normalized spacial score (nSPS) is 17.1. The summed E-state index contributed by atoms with van der Waals surface area (Å²) < 4.78 is 47.8. The minimum absolute atomic E-state index is 0.00205. The van der Waals surface area contributed by atoms with Crippen molar-refractivity contribution in [2.24, 2.45) is 5.92 Å². The summed E-state index contributed by atoms with van der Waals surface area (Å²) in [5, 5.41) is 6.62. The molecule has 1 aliphatic heterocycles. The Labute approximate surface area is 208 Å². The number of aromatic nitrogens is 1. The van der Waals surface area contributed by atoms with Gasteiger partial charge in [0.05, 0.1) is 11.6 Å². The van der Waals surface area contributed by atoms with Crippen LogP contribution in [0.3, 0.4) is 0 Å². The summed E-state index contributed by atoms with van der Waals surface area (Å²) in [5.41, 5.74) is 2.24. The lowest BCUT2D eigenvalue weighted by Gasteiger charge is -2.31. The molecule has 1 aromatic heterocycles. The van der Waals surface area contributed by atoms with Crippen LogP contribution in [0.5, 0.6) is 0 Å². The first-order chi connectivity index (χ1) is 16.6. The van der Waals surface area contributed by atoms with Crippen molar-refractivity contribution in [1.29, 1.82) is 0 Å². The highest BCUT2D eigenvalue weighted by Crippen LogP contribution is 2.30. The van der Waals surface area contributed by atoms with Crippen LogP contribution in [-0.2, 0) is 14.8 Å². The van der Waals surface area contributed by atoms with E-state index in [9.17, 15) is 17.6 Å². The second-order valence-corrected chi connectivity index (χ2v) is 10.8. The number of anilines is 1. The van der Waals surface area contributed by atoms with Crippen LogP contribution in [0, 0.1) is 25.6 Å². The molecule has 3 aromatic rings. The third-order valence-corrected chi connectivity index (χ3v) is 8.14. The molecule has 0 bridgehead atoms. The van der Waals surface area contributed by atoms with E-state index in [1.165, 1.54) is 16.4 Å². The van der Waals surface area contributed by atoms with Gasteiger partial charge in [0.2, 0.25) is 15.9 Å². The highest BCUT2D eigenvalue weighted by atomic mass is 35.5. The van der Waals surface area contributed by atoms with E-state index in [-0.39, 0.29) is 40.1 Å². The van der Waals surface area contributed by atoms with E-state index in [1.807, 2.05) is 31.2 Å². The molecule has 4 rings (SSSR count). The number of nitrogens with zero attached hydrogens (tertiary/aromatic N) is 2. The van der Waals surface area contributed by atoms with Crippen LogP contribution in [0.25, 0.3) is 12.2 Å². The molecule has 1 saturated heterocycles. The zero-order valence-electron chi connectivity index (χ0n) is 19.3. The fourth-order valence-electron chi connectivity index (χ4n) is 3.98. The van der Waals surface area contributed by atoms with Crippen molar-refractivity contribution in [3.8, 4) is 0 Å². The maximum atomic E-state index is 14.1. The van der Waals surface area contributed by atoms with Crippen LogP contribution in [0.1, 0.15) is 35.4 Å². The van der Waals surface area contributed by atoms with E-state index in [0.717, 1.165) is 17.2 Å². The van der Waals surface area contributed by atoms with Gasteiger partial charge < -0.3 is 9.84 Å². The third kappa shape index (κ3) is 5.63. The highest BCUT2D eigenvalue weighted by Gasteiger charge is 2.37. The highest BCUT2D eigenvalue weighted by molar-refractivity contribution is 7.89. The topological polar surface area (TPSA) is 92.5 Å². The summed E-state index contributed by atoms with van der Waals surface area (Å²) in [4.78, 5) is 12.8. The largest absolute Gasteiger partial charge is 0.355 e. The minimum atomic E-state index is -3.99. The van der Waals surface area contributed by atoms with E-state index in [1.54, 1.807) is 19.1 Å². The first-order valence-corrected chi connectivity index (χ1v) is 12.9. The summed E-state index contributed by atoms with van der Waals surface area (Å²) in [6.45, 7) is 3.77. The number of hydrogen-bond donors (Lipinski definition) is 1. The summed E-state index contributed by atoms with van der Waals surface area (Å²) in [6, 6.07) is 11.7. The third-order valence-electron chi connectivity index (χ3n) is 5.88. The zero-order chi connectivity index (χ0) is 25.2. The van der Waals surface area contributed by atoms with Gasteiger partial charge in [-0.3, -0.25) is 4.79 Å². The standard InChI is InChI=1S/C25H25ClFN3O4S/c1-16-5-7-18(8-6-16)9-12-23-24(17(2)29-34-23)35(32,33)30-13-3-4-19(15-30)25(31)28-22-11-10-20(26)14-21(22)27/h5-12,14,19H,3-4,13,15H2,1-2H3,(H,28,31). The lowest BCUT2D eigenvalue weighted by Crippen LogP contribution is -2.44. The van der Waals surface area contributed by atoms with E-state index in [0.29, 0.717) is 12.8 Å². The number of piperidine rings is 1. The number of nitrogens with one attached hydrogen (secondary N) is 1. The zero-order valence-corrected chi connectivity index (χ0v) is 20.9. The van der Waals surface area contributed by atoms with E-state index >= 15 is 0 Å². The summed E-state index contributed by atoms with van der Waals surface area (Å²) >= 11 is 5.77. The molecule has 0 spiro atoms. The van der Waals surface area contributed by atoms with E-state index in [2.05, 4.69) is 10.5 Å². The van der Waals surface area contributed by atoms with Crippen LogP contribution in [0.15, 0.2) is 51.9 Å². The molecule has 1 aliphatic rings. The van der Waals surface area contributed by atoms with Crippen molar-refractivity contribution in [2.75, 3.05) is 18.4 Å². The molecule has 1 fully saturated rings. The maximum absolute atomic E-state index is 14.1. The number of amides is 1.